The number of aromatic nitrogens is 2. The molecule has 34 heavy (non-hydrogen) atoms. The van der Waals surface area contributed by atoms with Gasteiger partial charge in [0.1, 0.15) is 16.4 Å². The van der Waals surface area contributed by atoms with E-state index in [0.717, 1.165) is 26.5 Å². The number of ether oxygens (including phenoxy) is 1. The van der Waals surface area contributed by atoms with Crippen molar-refractivity contribution in [3.05, 3.63) is 80.5 Å². The molecule has 0 saturated carbocycles. The van der Waals surface area contributed by atoms with Gasteiger partial charge in [-0.25, -0.2) is 9.79 Å². The van der Waals surface area contributed by atoms with Crippen molar-refractivity contribution in [3.63, 3.8) is 0 Å². The molecule has 0 radical (unpaired) electrons. The van der Waals surface area contributed by atoms with E-state index in [0.29, 0.717) is 23.7 Å². The molecule has 10 heteroatoms. The Bertz CT molecular complexity index is 1330. The summed E-state index contributed by atoms with van der Waals surface area (Å²) in [7, 11) is 2.67. The summed E-state index contributed by atoms with van der Waals surface area (Å²) < 4.78 is 7.28. The Balaban J connectivity index is 1.96. The monoisotopic (exact) mass is 482 g/mol. The Morgan fingerprint density at radius 1 is 1.06 bits per heavy atom. The standard InChI is InChI=1S/C24H26N4O5S/c1-5-33-18-12-10-17(11-13-18)26-21(20-22(30)27(3)24(32)28(4)23(20)31)34-14-19(29)25-16-8-6-15(2)7-9-16/h6-13,30H,5,14H2,1-4H3,(H,25,29). The van der Waals surface area contributed by atoms with Crippen LogP contribution in [0.2, 0.25) is 0 Å². The Hall–Kier alpha value is -3.79. The fourth-order valence-electron chi connectivity index (χ4n) is 3.05. The number of nitrogens with zero attached hydrogens (tertiary/aromatic N) is 3. The van der Waals surface area contributed by atoms with Crippen molar-refractivity contribution in [2.45, 2.75) is 13.8 Å². The van der Waals surface area contributed by atoms with Gasteiger partial charge in [0.25, 0.3) is 5.56 Å². The van der Waals surface area contributed by atoms with Gasteiger partial charge in [-0.3, -0.25) is 18.7 Å². The number of rotatable bonds is 7. The summed E-state index contributed by atoms with van der Waals surface area (Å²) in [5.74, 6) is -0.248. The van der Waals surface area contributed by atoms with Crippen LogP contribution in [0.3, 0.4) is 0 Å². The average molecular weight is 483 g/mol. The van der Waals surface area contributed by atoms with Gasteiger partial charge in [-0.05, 0) is 50.2 Å². The highest BCUT2D eigenvalue weighted by molar-refractivity contribution is 8.15. The van der Waals surface area contributed by atoms with Gasteiger partial charge >= 0.3 is 5.69 Å². The highest BCUT2D eigenvalue weighted by atomic mass is 32.2. The number of carbonyl (C=O) groups excluding carboxylic acids is 1. The van der Waals surface area contributed by atoms with E-state index in [4.69, 9.17) is 4.74 Å². The van der Waals surface area contributed by atoms with Gasteiger partial charge in [0.2, 0.25) is 11.8 Å². The highest BCUT2D eigenvalue weighted by Gasteiger charge is 2.22. The van der Waals surface area contributed by atoms with Crippen LogP contribution in [0.5, 0.6) is 11.6 Å². The molecule has 0 fully saturated rings. The van der Waals surface area contributed by atoms with E-state index in [1.54, 1.807) is 36.4 Å². The van der Waals surface area contributed by atoms with Crippen molar-refractivity contribution in [1.82, 2.24) is 9.13 Å². The fourth-order valence-corrected chi connectivity index (χ4v) is 3.88. The van der Waals surface area contributed by atoms with Crippen LogP contribution in [0, 0.1) is 6.92 Å². The predicted octanol–water partition coefficient (Wildman–Crippen LogP) is 2.95. The molecule has 0 bridgehead atoms. The molecule has 0 spiro atoms. The second-order valence-corrected chi connectivity index (χ2v) is 8.42. The highest BCUT2D eigenvalue weighted by Crippen LogP contribution is 2.25. The summed E-state index contributed by atoms with van der Waals surface area (Å²) in [6, 6.07) is 14.2. The quantitative estimate of drug-likeness (QED) is 0.395. The Kier molecular flexibility index (Phi) is 7.95. The van der Waals surface area contributed by atoms with E-state index >= 15 is 0 Å². The normalized spacial score (nSPS) is 11.4. The molecule has 0 unspecified atom stereocenters. The number of hydrogen-bond donors (Lipinski definition) is 2. The summed E-state index contributed by atoms with van der Waals surface area (Å²) in [4.78, 5) is 42.1. The molecule has 9 nitrogen and oxygen atoms in total. The Labute approximate surface area is 200 Å². The largest absolute Gasteiger partial charge is 0.494 e. The molecule has 0 aliphatic heterocycles. The maximum Gasteiger partial charge on any atom is 0.333 e. The van der Waals surface area contributed by atoms with E-state index in [2.05, 4.69) is 10.3 Å². The van der Waals surface area contributed by atoms with Gasteiger partial charge in [0.15, 0.2) is 0 Å². The van der Waals surface area contributed by atoms with Crippen molar-refractivity contribution >= 4 is 34.1 Å². The molecule has 0 saturated heterocycles. The van der Waals surface area contributed by atoms with Gasteiger partial charge in [-0.1, -0.05) is 29.5 Å². The number of aliphatic imine (C=N–C) groups is 1. The number of nitrogens with one attached hydrogen (secondary N) is 1. The second-order valence-electron chi connectivity index (χ2n) is 7.45. The maximum absolute atomic E-state index is 12.9. The van der Waals surface area contributed by atoms with Crippen molar-refractivity contribution in [1.29, 1.82) is 0 Å². The van der Waals surface area contributed by atoms with E-state index in [9.17, 15) is 19.5 Å². The number of aryl methyl sites for hydroxylation is 1. The number of amides is 1. The summed E-state index contributed by atoms with van der Waals surface area (Å²) >= 11 is 0.984. The molecule has 3 aromatic rings. The SMILES string of the molecule is CCOc1ccc(N=C(SCC(=O)Nc2ccc(C)cc2)c2c(O)n(C)c(=O)n(C)c2=O)cc1. The summed E-state index contributed by atoms with van der Waals surface area (Å²) in [6.07, 6.45) is 0. The molecule has 1 amide bonds. The lowest BCUT2D eigenvalue weighted by Crippen LogP contribution is -2.39. The number of thioether (sulfide) groups is 1. The second kappa shape index (κ2) is 10.9. The van der Waals surface area contributed by atoms with Gasteiger partial charge < -0.3 is 15.2 Å². The zero-order valence-electron chi connectivity index (χ0n) is 19.4. The Morgan fingerprint density at radius 3 is 2.32 bits per heavy atom. The lowest BCUT2D eigenvalue weighted by atomic mass is 10.2. The van der Waals surface area contributed by atoms with E-state index < -0.39 is 17.1 Å². The first kappa shape index (κ1) is 24.8. The van der Waals surface area contributed by atoms with Crippen LogP contribution in [0.1, 0.15) is 18.1 Å². The lowest BCUT2D eigenvalue weighted by Gasteiger charge is -2.13. The predicted molar refractivity (Wildman–Crippen MR) is 135 cm³/mol. The number of aromatic hydroxyl groups is 1. The number of carbonyl (C=O) groups is 1. The summed E-state index contributed by atoms with van der Waals surface area (Å²) in [5.41, 5.74) is 0.651. The van der Waals surface area contributed by atoms with Crippen molar-refractivity contribution in [2.75, 3.05) is 17.7 Å². The third kappa shape index (κ3) is 5.76. The molecule has 0 aliphatic carbocycles. The Morgan fingerprint density at radius 2 is 1.71 bits per heavy atom. The molecule has 1 heterocycles. The van der Waals surface area contributed by atoms with E-state index in [1.165, 1.54) is 14.1 Å². The van der Waals surface area contributed by atoms with Crippen LogP contribution in [-0.4, -0.2) is 37.6 Å². The van der Waals surface area contributed by atoms with Gasteiger partial charge in [0, 0.05) is 19.8 Å². The smallest absolute Gasteiger partial charge is 0.333 e. The minimum atomic E-state index is -0.711. The third-order valence-electron chi connectivity index (χ3n) is 4.90. The van der Waals surface area contributed by atoms with Crippen molar-refractivity contribution in [3.8, 4) is 11.6 Å². The van der Waals surface area contributed by atoms with Crippen LogP contribution in [0.25, 0.3) is 0 Å². The molecule has 178 valence electrons. The van der Waals surface area contributed by atoms with Crippen LogP contribution in [-0.2, 0) is 18.9 Å². The molecular formula is C24H26N4O5S. The molecule has 1 aromatic heterocycles. The molecule has 2 N–H and O–H groups in total. The van der Waals surface area contributed by atoms with Gasteiger partial charge in [-0.15, -0.1) is 0 Å². The van der Waals surface area contributed by atoms with Crippen LogP contribution < -0.4 is 21.3 Å². The van der Waals surface area contributed by atoms with Crippen molar-refractivity contribution < 1.29 is 14.6 Å². The average Bonchev–Trinajstić information content (AvgIpc) is 2.82. The van der Waals surface area contributed by atoms with Gasteiger partial charge in [0.05, 0.1) is 18.0 Å². The lowest BCUT2D eigenvalue weighted by molar-refractivity contribution is -0.113. The molecule has 0 aliphatic rings. The van der Waals surface area contributed by atoms with E-state index in [1.807, 2.05) is 26.0 Å². The van der Waals surface area contributed by atoms with Gasteiger partial charge in [-0.2, -0.15) is 0 Å². The zero-order valence-corrected chi connectivity index (χ0v) is 20.2. The molecular weight excluding hydrogens is 456 g/mol. The topological polar surface area (TPSA) is 115 Å². The van der Waals surface area contributed by atoms with Crippen LogP contribution in [0.4, 0.5) is 11.4 Å². The first-order chi connectivity index (χ1) is 16.2. The number of benzene rings is 2. The minimum Gasteiger partial charge on any atom is -0.494 e. The first-order valence-corrected chi connectivity index (χ1v) is 11.5. The minimum absolute atomic E-state index is 0.0742. The van der Waals surface area contributed by atoms with Crippen LogP contribution >= 0.6 is 11.8 Å². The molecule has 0 atom stereocenters. The third-order valence-corrected chi connectivity index (χ3v) is 5.88. The fraction of sp³-hybridized carbons (Fsp3) is 0.250. The zero-order chi connectivity index (χ0) is 24.8. The first-order valence-electron chi connectivity index (χ1n) is 10.5. The van der Waals surface area contributed by atoms with Crippen molar-refractivity contribution in [2.24, 2.45) is 19.1 Å². The maximum atomic E-state index is 12.9. The summed E-state index contributed by atoms with van der Waals surface area (Å²) in [5, 5.41) is 13.5. The summed E-state index contributed by atoms with van der Waals surface area (Å²) in [6.45, 7) is 4.34. The molecule has 3 rings (SSSR count). The number of anilines is 1. The number of hydrogen-bond acceptors (Lipinski definition) is 7. The van der Waals surface area contributed by atoms with E-state index in [-0.39, 0.29) is 22.3 Å². The molecule has 2 aromatic carbocycles. The van der Waals surface area contributed by atoms with Crippen LogP contribution in [0.15, 0.2) is 63.1 Å².